The van der Waals surface area contributed by atoms with Gasteiger partial charge in [-0.15, -0.1) is 0 Å². The zero-order valence-corrected chi connectivity index (χ0v) is 34.7. The van der Waals surface area contributed by atoms with Crippen LogP contribution in [0.1, 0.15) is 22.3 Å². The molecule has 9 aromatic carbocycles. The van der Waals surface area contributed by atoms with Gasteiger partial charge in [0.15, 0.2) is 17.5 Å². The van der Waals surface area contributed by atoms with Crippen LogP contribution in [0.4, 0.5) is 0 Å². The fraction of sp³-hybridized carbons (Fsp3) is 0.0172. The molecular weight excluding hydrogens is 787 g/mol. The molecular formula is C58H35N3OS. The van der Waals surface area contributed by atoms with Crippen LogP contribution < -0.4 is 0 Å². The van der Waals surface area contributed by atoms with E-state index in [-0.39, 0.29) is 0 Å². The third kappa shape index (κ3) is 5.40. The minimum absolute atomic E-state index is 0.474. The summed E-state index contributed by atoms with van der Waals surface area (Å²) in [7, 11) is 0. The highest BCUT2D eigenvalue weighted by Gasteiger charge is 2.50. The SMILES string of the molecule is c1ccc(-c2nc(-c3ccc(-c4cccc5c4oc4ccccc45)cc3)nc(-c3ccccc3-c3cccc4c3Sc3ccccc3C43c4ccccc4-c4ccccc43)n2)cc1. The van der Waals surface area contributed by atoms with Crippen LogP contribution in [0.5, 0.6) is 0 Å². The molecule has 11 aromatic rings. The highest BCUT2D eigenvalue weighted by atomic mass is 32.2. The first-order valence-electron chi connectivity index (χ1n) is 21.3. The number of fused-ring (bicyclic) bond motifs is 12. The second-order valence-electron chi connectivity index (χ2n) is 16.2. The molecule has 0 atom stereocenters. The van der Waals surface area contributed by atoms with Crippen molar-refractivity contribution in [1.29, 1.82) is 0 Å². The summed E-state index contributed by atoms with van der Waals surface area (Å²) < 4.78 is 6.41. The molecule has 0 radical (unpaired) electrons. The lowest BCUT2D eigenvalue weighted by atomic mass is 9.67. The predicted octanol–water partition coefficient (Wildman–Crippen LogP) is 14.9. The Hall–Kier alpha value is -7.86. The Bertz CT molecular complexity index is 3570. The molecule has 0 unspecified atom stereocenters. The number of benzene rings is 9. The molecule has 0 saturated heterocycles. The molecule has 0 bridgehead atoms. The van der Waals surface area contributed by atoms with Crippen LogP contribution in [0.3, 0.4) is 0 Å². The Morgan fingerprint density at radius 1 is 0.333 bits per heavy atom. The summed E-state index contributed by atoms with van der Waals surface area (Å²) in [4.78, 5) is 18.2. The molecule has 2 aliphatic rings. The molecule has 0 amide bonds. The van der Waals surface area contributed by atoms with Crippen LogP contribution in [0, 0.1) is 0 Å². The van der Waals surface area contributed by atoms with Crippen LogP contribution >= 0.6 is 11.8 Å². The first-order valence-corrected chi connectivity index (χ1v) is 22.1. The maximum Gasteiger partial charge on any atom is 0.164 e. The van der Waals surface area contributed by atoms with Crippen molar-refractivity contribution in [1.82, 2.24) is 15.0 Å². The summed E-state index contributed by atoms with van der Waals surface area (Å²) >= 11 is 1.86. The van der Waals surface area contributed by atoms with E-state index in [2.05, 4.69) is 182 Å². The molecule has 294 valence electrons. The third-order valence-corrected chi connectivity index (χ3v) is 14.1. The van der Waals surface area contributed by atoms with E-state index in [1.165, 1.54) is 43.2 Å². The largest absolute Gasteiger partial charge is 0.455 e. The van der Waals surface area contributed by atoms with Crippen LogP contribution in [-0.4, -0.2) is 15.0 Å². The highest BCUT2D eigenvalue weighted by Crippen LogP contribution is 2.63. The number of hydrogen-bond acceptors (Lipinski definition) is 5. The van der Waals surface area contributed by atoms with E-state index in [9.17, 15) is 0 Å². The van der Waals surface area contributed by atoms with Gasteiger partial charge in [0.25, 0.3) is 0 Å². The summed E-state index contributed by atoms with van der Waals surface area (Å²) in [5, 5.41) is 2.22. The number of aromatic nitrogens is 3. The van der Waals surface area contributed by atoms with Gasteiger partial charge in [-0.25, -0.2) is 15.0 Å². The van der Waals surface area contributed by atoms with E-state index in [1.807, 2.05) is 42.1 Å². The van der Waals surface area contributed by atoms with Gasteiger partial charge in [-0.2, -0.15) is 0 Å². The first-order chi connectivity index (χ1) is 31.2. The number of para-hydroxylation sites is 2. The summed E-state index contributed by atoms with van der Waals surface area (Å²) in [6.45, 7) is 0. The average molecular weight is 822 g/mol. The Morgan fingerprint density at radius 2 is 0.841 bits per heavy atom. The monoisotopic (exact) mass is 821 g/mol. The summed E-state index contributed by atoms with van der Waals surface area (Å²) in [6.07, 6.45) is 0. The minimum atomic E-state index is -0.474. The van der Waals surface area contributed by atoms with Crippen LogP contribution in [0.15, 0.2) is 227 Å². The maximum atomic E-state index is 6.41. The van der Waals surface area contributed by atoms with Crippen molar-refractivity contribution in [3.8, 4) is 67.5 Å². The van der Waals surface area contributed by atoms with Crippen molar-refractivity contribution in [2.45, 2.75) is 15.2 Å². The van der Waals surface area contributed by atoms with Crippen LogP contribution in [0.25, 0.3) is 89.5 Å². The average Bonchev–Trinajstić information content (AvgIpc) is 3.88. The van der Waals surface area contributed by atoms with E-state index in [1.54, 1.807) is 0 Å². The van der Waals surface area contributed by atoms with Gasteiger partial charge >= 0.3 is 0 Å². The molecule has 63 heavy (non-hydrogen) atoms. The topological polar surface area (TPSA) is 51.8 Å². The van der Waals surface area contributed by atoms with E-state index in [0.29, 0.717) is 17.5 Å². The first kappa shape index (κ1) is 35.9. The van der Waals surface area contributed by atoms with Gasteiger partial charge in [0, 0.05) is 42.8 Å². The fourth-order valence-electron chi connectivity index (χ4n) is 10.1. The van der Waals surface area contributed by atoms with Gasteiger partial charge < -0.3 is 4.42 Å². The molecule has 0 N–H and O–H groups in total. The zero-order chi connectivity index (χ0) is 41.5. The van der Waals surface area contributed by atoms with E-state index >= 15 is 0 Å². The number of hydrogen-bond donors (Lipinski definition) is 0. The molecule has 1 spiro atoms. The van der Waals surface area contributed by atoms with Crippen molar-refractivity contribution in [2.24, 2.45) is 0 Å². The van der Waals surface area contributed by atoms with Gasteiger partial charge in [0.05, 0.1) is 5.41 Å². The molecule has 13 rings (SSSR count). The molecule has 1 aliphatic carbocycles. The zero-order valence-electron chi connectivity index (χ0n) is 33.9. The molecule has 4 nitrogen and oxygen atoms in total. The van der Waals surface area contributed by atoms with Gasteiger partial charge in [-0.1, -0.05) is 212 Å². The van der Waals surface area contributed by atoms with Crippen molar-refractivity contribution >= 4 is 33.7 Å². The Kier molecular flexibility index (Phi) is 8.02. The molecule has 1 aliphatic heterocycles. The maximum absolute atomic E-state index is 6.41. The van der Waals surface area contributed by atoms with Gasteiger partial charge in [0.2, 0.25) is 0 Å². The molecule has 2 aromatic heterocycles. The van der Waals surface area contributed by atoms with Crippen molar-refractivity contribution in [2.75, 3.05) is 0 Å². The number of rotatable bonds is 5. The molecule has 0 fully saturated rings. The summed E-state index contributed by atoms with van der Waals surface area (Å²) in [6, 6.07) is 75.5. The molecule has 3 heterocycles. The van der Waals surface area contributed by atoms with Gasteiger partial charge in [-0.05, 0) is 62.2 Å². The molecule has 5 heteroatoms. The lowest BCUT2D eigenvalue weighted by Gasteiger charge is -2.40. The van der Waals surface area contributed by atoms with E-state index in [4.69, 9.17) is 19.4 Å². The van der Waals surface area contributed by atoms with E-state index < -0.39 is 5.41 Å². The van der Waals surface area contributed by atoms with Crippen LogP contribution in [0.2, 0.25) is 0 Å². The third-order valence-electron chi connectivity index (χ3n) is 12.9. The Balaban J connectivity index is 0.979. The summed E-state index contributed by atoms with van der Waals surface area (Å²) in [5.74, 6) is 1.85. The minimum Gasteiger partial charge on any atom is -0.455 e. The second kappa shape index (κ2) is 14.1. The smallest absolute Gasteiger partial charge is 0.164 e. The second-order valence-corrected chi connectivity index (χ2v) is 17.2. The van der Waals surface area contributed by atoms with Crippen LogP contribution in [-0.2, 0) is 5.41 Å². The standard InChI is InChI=1S/C58H35N3OS/c1-2-16-37(17-3-1)55-59-56(38-34-32-36(33-35-38)39-23-14-24-44-43-21-8-12-30-51(43)62-53(39)44)61-57(60-55)46-22-5-4-18-40(46)45-25-15-29-50-54(45)63-52-31-13-11-28-49(52)58(50)47-26-9-6-19-41(47)42-20-7-10-27-48(42)58/h1-35H. The van der Waals surface area contributed by atoms with Crippen molar-refractivity contribution < 1.29 is 4.42 Å². The van der Waals surface area contributed by atoms with Crippen molar-refractivity contribution in [3.05, 3.63) is 235 Å². The Morgan fingerprint density at radius 3 is 1.60 bits per heavy atom. The van der Waals surface area contributed by atoms with Gasteiger partial charge in [-0.3, -0.25) is 0 Å². The normalized spacial score (nSPS) is 13.1. The fourth-order valence-corrected chi connectivity index (χ4v) is 11.4. The number of furan rings is 1. The lowest BCUT2D eigenvalue weighted by Crippen LogP contribution is -2.32. The highest BCUT2D eigenvalue weighted by molar-refractivity contribution is 7.99. The van der Waals surface area contributed by atoms with E-state index in [0.717, 1.165) is 60.9 Å². The quantitative estimate of drug-likeness (QED) is 0.173. The lowest BCUT2D eigenvalue weighted by molar-refractivity contribution is 0.670. The summed E-state index contributed by atoms with van der Waals surface area (Å²) in [5.41, 5.74) is 16.2. The van der Waals surface area contributed by atoms with Gasteiger partial charge in [0.1, 0.15) is 11.2 Å². The Labute approximate surface area is 368 Å². The molecule has 0 saturated carbocycles. The predicted molar refractivity (Wildman–Crippen MR) is 256 cm³/mol. The number of nitrogens with zero attached hydrogens (tertiary/aromatic N) is 3. The van der Waals surface area contributed by atoms with Crippen molar-refractivity contribution in [3.63, 3.8) is 0 Å².